The molecule has 0 amide bonds. The predicted octanol–water partition coefficient (Wildman–Crippen LogP) is 5.06. The normalized spacial score (nSPS) is 9.84. The molecule has 2 aromatic heterocycles. The van der Waals surface area contributed by atoms with Crippen molar-refractivity contribution in [2.24, 2.45) is 0 Å². The van der Waals surface area contributed by atoms with Gasteiger partial charge in [0.1, 0.15) is 0 Å². The fraction of sp³-hybridized carbons (Fsp3) is 0.143. The number of nitrogens with zero attached hydrogens (tertiary/aromatic N) is 2. The van der Waals surface area contributed by atoms with Crippen LogP contribution in [0, 0.1) is 18.0 Å². The first-order valence-corrected chi connectivity index (χ1v) is 11.3. The first kappa shape index (κ1) is 21.0. The first-order chi connectivity index (χ1) is 11.5. The third-order valence-electron chi connectivity index (χ3n) is 3.04. The molecule has 0 atom stereocenters. The first-order valence-electron chi connectivity index (χ1n) is 7.79. The summed E-state index contributed by atoms with van der Waals surface area (Å²) in [6, 6.07) is 22.8. The minimum Gasteiger partial charge on any atom is -0.701 e. The zero-order valence-electron chi connectivity index (χ0n) is 14.6. The van der Waals surface area contributed by atoms with E-state index in [2.05, 4.69) is 41.2 Å². The molecule has 1 aromatic carbocycles. The van der Waals surface area contributed by atoms with Crippen molar-refractivity contribution in [3.63, 3.8) is 0 Å². The van der Waals surface area contributed by atoms with Crippen LogP contribution in [0.3, 0.4) is 0 Å². The van der Waals surface area contributed by atoms with E-state index in [1.54, 1.807) is 6.20 Å². The summed E-state index contributed by atoms with van der Waals surface area (Å²) in [5, 5.41) is 0. The Morgan fingerprint density at radius 1 is 0.880 bits per heavy atom. The largest absolute Gasteiger partial charge is 2.00 e. The number of hydrogen-bond donors (Lipinski definition) is 0. The molecule has 0 fully saturated rings. The van der Waals surface area contributed by atoms with Crippen LogP contribution in [-0.4, -0.2) is 18.0 Å². The molecule has 3 aromatic rings. The van der Waals surface area contributed by atoms with Crippen LogP contribution in [0.4, 0.5) is 0 Å². The van der Waals surface area contributed by atoms with Gasteiger partial charge in [0.2, 0.25) is 0 Å². The van der Waals surface area contributed by atoms with Crippen molar-refractivity contribution in [3.8, 4) is 28.2 Å². The van der Waals surface area contributed by atoms with Crippen molar-refractivity contribution in [1.29, 1.82) is 0 Å². The second-order valence-electron chi connectivity index (χ2n) is 6.27. The second-order valence-corrected chi connectivity index (χ2v) is 11.0. The number of benzene rings is 1. The summed E-state index contributed by atoms with van der Waals surface area (Å²) >= 11 is 0. The standard InChI is InChI=1S/C16H11N2.C5H9Si.Pt/c1-2-7-13(8-3-1)14-10-6-11-16(18-14)15-9-4-5-12-17-15;1-5-6(2,3)4;/h1-7,9-12H;2-4H3;/q2*-1;+2. The summed E-state index contributed by atoms with van der Waals surface area (Å²) in [5.41, 5.74) is 6.17. The minimum atomic E-state index is -1.21. The zero-order chi connectivity index (χ0) is 17.4. The summed E-state index contributed by atoms with van der Waals surface area (Å²) in [6.07, 6.45) is 8.44. The van der Waals surface area contributed by atoms with Crippen molar-refractivity contribution >= 4 is 8.07 Å². The molecule has 4 heteroatoms. The number of pyridine rings is 2. The molecule has 0 saturated carbocycles. The molecule has 0 radical (unpaired) electrons. The summed E-state index contributed by atoms with van der Waals surface area (Å²) in [7, 11) is -1.21. The van der Waals surface area contributed by atoms with Crippen LogP contribution in [0.15, 0.2) is 66.9 Å². The van der Waals surface area contributed by atoms with Crippen molar-refractivity contribution in [2.75, 3.05) is 0 Å². The fourth-order valence-electron chi connectivity index (χ4n) is 1.79. The number of hydrogen-bond acceptors (Lipinski definition) is 2. The topological polar surface area (TPSA) is 25.8 Å². The third-order valence-corrected chi connectivity index (χ3v) is 3.79. The van der Waals surface area contributed by atoms with E-state index < -0.39 is 8.07 Å². The molecule has 0 N–H and O–H groups in total. The van der Waals surface area contributed by atoms with E-state index in [1.807, 2.05) is 60.7 Å². The Hall–Kier alpha value is -2.01. The Labute approximate surface area is 166 Å². The summed E-state index contributed by atoms with van der Waals surface area (Å²) < 4.78 is 0. The summed E-state index contributed by atoms with van der Waals surface area (Å²) in [6.45, 7) is 6.25. The molecule has 0 aliphatic rings. The summed E-state index contributed by atoms with van der Waals surface area (Å²) in [5.74, 6) is 0. The Bertz CT molecular complexity index is 752. The molecule has 0 spiro atoms. The monoisotopic (exact) mass is 523 g/mol. The Kier molecular flexibility index (Phi) is 8.48. The van der Waals surface area contributed by atoms with E-state index in [4.69, 9.17) is 6.42 Å². The summed E-state index contributed by atoms with van der Waals surface area (Å²) in [4.78, 5) is 8.93. The third kappa shape index (κ3) is 7.17. The molecule has 0 aliphatic carbocycles. The molecule has 0 saturated heterocycles. The Morgan fingerprint density at radius 3 is 2.08 bits per heavy atom. The number of rotatable bonds is 2. The van der Waals surface area contributed by atoms with Gasteiger partial charge in [0, 0.05) is 6.20 Å². The van der Waals surface area contributed by atoms with Gasteiger partial charge < -0.3 is 12.0 Å². The van der Waals surface area contributed by atoms with E-state index >= 15 is 0 Å². The fourth-order valence-corrected chi connectivity index (χ4v) is 1.79. The zero-order valence-corrected chi connectivity index (χ0v) is 17.8. The molecule has 25 heavy (non-hydrogen) atoms. The van der Waals surface area contributed by atoms with Gasteiger partial charge in [0.15, 0.2) is 0 Å². The van der Waals surface area contributed by atoms with Crippen LogP contribution in [0.2, 0.25) is 19.6 Å². The second kappa shape index (κ2) is 10.1. The van der Waals surface area contributed by atoms with Crippen LogP contribution in [0.1, 0.15) is 0 Å². The molecule has 0 unspecified atom stereocenters. The van der Waals surface area contributed by atoms with Crippen molar-refractivity contribution in [1.82, 2.24) is 9.97 Å². The SMILES string of the molecule is [C-]#C[Si](C)(C)C.[Pt+2].[c-]1ccccc1-c1cccc(-c2ccccn2)n1. The van der Waals surface area contributed by atoms with Gasteiger partial charge in [0.25, 0.3) is 0 Å². The van der Waals surface area contributed by atoms with Gasteiger partial charge >= 0.3 is 21.1 Å². The van der Waals surface area contributed by atoms with E-state index in [0.29, 0.717) is 0 Å². The number of aromatic nitrogens is 2. The minimum absolute atomic E-state index is 0. The van der Waals surface area contributed by atoms with Gasteiger partial charge in [-0.1, -0.05) is 37.8 Å². The molecule has 128 valence electrons. The van der Waals surface area contributed by atoms with Crippen LogP contribution in [-0.2, 0) is 21.1 Å². The van der Waals surface area contributed by atoms with E-state index in [-0.39, 0.29) is 21.1 Å². The maximum atomic E-state index is 6.67. The van der Waals surface area contributed by atoms with Crippen molar-refractivity contribution in [2.45, 2.75) is 19.6 Å². The van der Waals surface area contributed by atoms with Crippen molar-refractivity contribution < 1.29 is 21.1 Å². The molecule has 0 bridgehead atoms. The molecular formula is C21H20N2PtSi. The van der Waals surface area contributed by atoms with Crippen LogP contribution in [0.5, 0.6) is 0 Å². The van der Waals surface area contributed by atoms with Crippen LogP contribution in [0.25, 0.3) is 22.6 Å². The van der Waals surface area contributed by atoms with Gasteiger partial charge in [-0.2, -0.15) is 0 Å². The molecular weight excluding hydrogens is 503 g/mol. The average molecular weight is 524 g/mol. The molecule has 2 nitrogen and oxygen atoms in total. The van der Waals surface area contributed by atoms with Gasteiger partial charge in [-0.25, -0.2) is 0 Å². The predicted molar refractivity (Wildman–Crippen MR) is 102 cm³/mol. The molecule has 0 aliphatic heterocycles. The van der Waals surface area contributed by atoms with Gasteiger partial charge in [-0.3, -0.25) is 9.97 Å². The van der Waals surface area contributed by atoms with Crippen LogP contribution >= 0.6 is 0 Å². The van der Waals surface area contributed by atoms with E-state index in [1.165, 1.54) is 0 Å². The maximum Gasteiger partial charge on any atom is 2.00 e. The van der Waals surface area contributed by atoms with Crippen molar-refractivity contribution in [3.05, 3.63) is 79.4 Å². The van der Waals surface area contributed by atoms with Gasteiger partial charge in [-0.15, -0.1) is 35.9 Å². The average Bonchev–Trinajstić information content (AvgIpc) is 2.63. The molecule has 3 rings (SSSR count). The Balaban J connectivity index is 0.000000390. The quantitative estimate of drug-likeness (QED) is 0.267. The molecule has 2 heterocycles. The van der Waals surface area contributed by atoms with E-state index in [9.17, 15) is 0 Å². The van der Waals surface area contributed by atoms with Crippen LogP contribution < -0.4 is 0 Å². The van der Waals surface area contributed by atoms with E-state index in [0.717, 1.165) is 22.6 Å². The maximum absolute atomic E-state index is 6.67. The van der Waals surface area contributed by atoms with Gasteiger partial charge in [0.05, 0.1) is 19.5 Å². The Morgan fingerprint density at radius 2 is 1.52 bits per heavy atom. The smallest absolute Gasteiger partial charge is 0.701 e. The van der Waals surface area contributed by atoms with Gasteiger partial charge in [-0.05, 0) is 23.9 Å².